The van der Waals surface area contributed by atoms with Gasteiger partial charge in [-0.05, 0) is 28.1 Å². The summed E-state index contributed by atoms with van der Waals surface area (Å²) in [5.41, 5.74) is 6.41. The average molecular weight is 371 g/mol. The number of ether oxygens (including phenoxy) is 1. The zero-order chi connectivity index (χ0) is 15.6. The van der Waals surface area contributed by atoms with E-state index in [0.717, 1.165) is 4.47 Å². The SMILES string of the molecule is COc1ccc(Br)c(NC(=O)c2sc(N(C)C)nc2N)c1. The molecule has 1 amide bonds. The van der Waals surface area contributed by atoms with Crippen LogP contribution < -0.4 is 20.7 Å². The lowest BCUT2D eigenvalue weighted by atomic mass is 10.3. The third kappa shape index (κ3) is 3.45. The Labute approximate surface area is 135 Å². The van der Waals surface area contributed by atoms with Gasteiger partial charge in [0, 0.05) is 24.6 Å². The van der Waals surface area contributed by atoms with Gasteiger partial charge in [-0.1, -0.05) is 11.3 Å². The molecule has 0 unspecified atom stereocenters. The minimum atomic E-state index is -0.299. The molecule has 8 heteroatoms. The van der Waals surface area contributed by atoms with E-state index in [1.807, 2.05) is 14.1 Å². The number of carbonyl (C=O) groups excluding carboxylic acids is 1. The number of nitrogens with one attached hydrogen (secondary N) is 1. The molecule has 0 spiro atoms. The molecule has 0 fully saturated rings. The van der Waals surface area contributed by atoms with Gasteiger partial charge in [0.1, 0.15) is 16.4 Å². The van der Waals surface area contributed by atoms with E-state index in [2.05, 4.69) is 26.2 Å². The van der Waals surface area contributed by atoms with Crippen LogP contribution in [0.2, 0.25) is 0 Å². The highest BCUT2D eigenvalue weighted by Gasteiger charge is 2.18. The number of benzene rings is 1. The Morgan fingerprint density at radius 2 is 2.19 bits per heavy atom. The number of carbonyl (C=O) groups is 1. The van der Waals surface area contributed by atoms with Crippen LogP contribution in [-0.4, -0.2) is 32.1 Å². The number of methoxy groups -OCH3 is 1. The van der Waals surface area contributed by atoms with Crippen molar-refractivity contribution >= 4 is 49.8 Å². The summed E-state index contributed by atoms with van der Waals surface area (Å²) in [6.07, 6.45) is 0. The molecule has 0 aliphatic carbocycles. The summed E-state index contributed by atoms with van der Waals surface area (Å²) >= 11 is 4.63. The Balaban J connectivity index is 2.26. The number of aromatic nitrogens is 1. The molecule has 0 aliphatic heterocycles. The fourth-order valence-electron chi connectivity index (χ4n) is 1.58. The molecule has 0 radical (unpaired) electrons. The average Bonchev–Trinajstić information content (AvgIpc) is 2.83. The summed E-state index contributed by atoms with van der Waals surface area (Å²) in [6.45, 7) is 0. The molecule has 3 N–H and O–H groups in total. The zero-order valence-electron chi connectivity index (χ0n) is 11.8. The molecule has 0 saturated heterocycles. The van der Waals surface area contributed by atoms with E-state index >= 15 is 0 Å². The van der Waals surface area contributed by atoms with Crippen LogP contribution in [0.3, 0.4) is 0 Å². The number of thiazole rings is 1. The number of halogens is 1. The van der Waals surface area contributed by atoms with Crippen LogP contribution in [0, 0.1) is 0 Å². The maximum absolute atomic E-state index is 12.3. The summed E-state index contributed by atoms with van der Waals surface area (Å²) in [5.74, 6) is 0.576. The van der Waals surface area contributed by atoms with E-state index in [0.29, 0.717) is 21.4 Å². The largest absolute Gasteiger partial charge is 0.497 e. The first kappa shape index (κ1) is 15.6. The second-order valence-electron chi connectivity index (χ2n) is 4.41. The predicted octanol–water partition coefficient (Wildman–Crippen LogP) is 2.81. The van der Waals surface area contributed by atoms with Gasteiger partial charge >= 0.3 is 0 Å². The third-order valence-electron chi connectivity index (χ3n) is 2.65. The van der Waals surface area contributed by atoms with Crippen LogP contribution in [0.1, 0.15) is 9.67 Å². The monoisotopic (exact) mass is 370 g/mol. The van der Waals surface area contributed by atoms with Gasteiger partial charge in [-0.2, -0.15) is 0 Å². The van der Waals surface area contributed by atoms with Crippen molar-refractivity contribution in [1.29, 1.82) is 0 Å². The number of hydrogen-bond donors (Lipinski definition) is 2. The van der Waals surface area contributed by atoms with Crippen LogP contribution in [0.25, 0.3) is 0 Å². The topological polar surface area (TPSA) is 80.5 Å². The number of rotatable bonds is 4. The minimum Gasteiger partial charge on any atom is -0.497 e. The molecule has 0 saturated carbocycles. The molecule has 0 bridgehead atoms. The van der Waals surface area contributed by atoms with Crippen molar-refractivity contribution in [3.05, 3.63) is 27.5 Å². The first-order chi connectivity index (χ1) is 9.92. The van der Waals surface area contributed by atoms with Crippen LogP contribution >= 0.6 is 27.3 Å². The fraction of sp³-hybridized carbons (Fsp3) is 0.231. The normalized spacial score (nSPS) is 10.3. The summed E-state index contributed by atoms with van der Waals surface area (Å²) < 4.78 is 5.90. The number of amides is 1. The van der Waals surface area contributed by atoms with E-state index in [1.54, 1.807) is 30.2 Å². The Hall–Kier alpha value is -1.80. The van der Waals surface area contributed by atoms with Gasteiger partial charge in [-0.15, -0.1) is 0 Å². The van der Waals surface area contributed by atoms with Crippen molar-refractivity contribution in [2.24, 2.45) is 0 Å². The van der Waals surface area contributed by atoms with Crippen molar-refractivity contribution in [3.63, 3.8) is 0 Å². The molecule has 6 nitrogen and oxygen atoms in total. The number of hydrogen-bond acceptors (Lipinski definition) is 6. The summed E-state index contributed by atoms with van der Waals surface area (Å²) in [4.78, 5) is 18.7. The van der Waals surface area contributed by atoms with Crippen LogP contribution in [0.15, 0.2) is 22.7 Å². The lowest BCUT2D eigenvalue weighted by molar-refractivity contribution is 0.103. The van der Waals surface area contributed by atoms with Gasteiger partial charge < -0.3 is 20.7 Å². The van der Waals surface area contributed by atoms with Crippen molar-refractivity contribution in [3.8, 4) is 5.75 Å². The zero-order valence-corrected chi connectivity index (χ0v) is 14.2. The van der Waals surface area contributed by atoms with Gasteiger partial charge in [0.05, 0.1) is 12.8 Å². The number of anilines is 3. The van der Waals surface area contributed by atoms with E-state index in [9.17, 15) is 4.79 Å². The Morgan fingerprint density at radius 1 is 1.48 bits per heavy atom. The first-order valence-corrected chi connectivity index (χ1v) is 7.62. The molecule has 1 aromatic heterocycles. The maximum Gasteiger partial charge on any atom is 0.269 e. The van der Waals surface area contributed by atoms with E-state index in [1.165, 1.54) is 11.3 Å². The van der Waals surface area contributed by atoms with E-state index in [4.69, 9.17) is 10.5 Å². The van der Waals surface area contributed by atoms with Crippen LogP contribution in [0.5, 0.6) is 5.75 Å². The maximum atomic E-state index is 12.3. The lowest BCUT2D eigenvalue weighted by Gasteiger charge is -2.08. The fourth-order valence-corrected chi connectivity index (χ4v) is 2.73. The van der Waals surface area contributed by atoms with Gasteiger partial charge in [0.25, 0.3) is 5.91 Å². The Bertz CT molecular complexity index is 672. The Kier molecular flexibility index (Phi) is 4.69. The predicted molar refractivity (Wildman–Crippen MR) is 89.5 cm³/mol. The molecule has 0 atom stereocenters. The minimum absolute atomic E-state index is 0.222. The Morgan fingerprint density at radius 3 is 2.76 bits per heavy atom. The van der Waals surface area contributed by atoms with Gasteiger partial charge in [0.2, 0.25) is 0 Å². The summed E-state index contributed by atoms with van der Waals surface area (Å²) in [5, 5.41) is 3.48. The number of nitrogens with zero attached hydrogens (tertiary/aromatic N) is 2. The molecular formula is C13H15BrN4O2S. The van der Waals surface area contributed by atoms with E-state index < -0.39 is 0 Å². The molecule has 1 aromatic carbocycles. The lowest BCUT2D eigenvalue weighted by Crippen LogP contribution is -2.12. The van der Waals surface area contributed by atoms with Crippen LogP contribution in [-0.2, 0) is 0 Å². The smallest absolute Gasteiger partial charge is 0.269 e. The van der Waals surface area contributed by atoms with E-state index in [-0.39, 0.29) is 11.7 Å². The van der Waals surface area contributed by atoms with Gasteiger partial charge in [0.15, 0.2) is 5.13 Å². The van der Waals surface area contributed by atoms with Gasteiger partial charge in [-0.3, -0.25) is 4.79 Å². The number of nitrogen functional groups attached to an aromatic ring is 1. The second kappa shape index (κ2) is 6.31. The second-order valence-corrected chi connectivity index (χ2v) is 6.24. The van der Waals surface area contributed by atoms with Crippen LogP contribution in [0.4, 0.5) is 16.6 Å². The molecule has 0 aliphatic rings. The summed E-state index contributed by atoms with van der Waals surface area (Å²) in [6, 6.07) is 5.33. The molecular weight excluding hydrogens is 356 g/mol. The quantitative estimate of drug-likeness (QED) is 0.864. The van der Waals surface area contributed by atoms with Crippen molar-refractivity contribution in [1.82, 2.24) is 4.98 Å². The van der Waals surface area contributed by atoms with Gasteiger partial charge in [-0.25, -0.2) is 4.98 Å². The highest BCUT2D eigenvalue weighted by atomic mass is 79.9. The third-order valence-corrected chi connectivity index (χ3v) is 4.58. The van der Waals surface area contributed by atoms with Crippen molar-refractivity contribution in [2.75, 3.05) is 37.2 Å². The molecule has 112 valence electrons. The molecule has 2 aromatic rings. The molecule has 2 rings (SSSR count). The standard InChI is InChI=1S/C13H15BrN4O2S/c1-18(2)13-17-11(15)10(21-13)12(19)16-9-6-7(20-3)4-5-8(9)14/h4-6H,15H2,1-3H3,(H,16,19). The number of nitrogens with two attached hydrogens (primary N) is 1. The van der Waals surface area contributed by atoms with Crippen molar-refractivity contribution in [2.45, 2.75) is 0 Å². The van der Waals surface area contributed by atoms with Crippen molar-refractivity contribution < 1.29 is 9.53 Å². The highest BCUT2D eigenvalue weighted by Crippen LogP contribution is 2.30. The molecule has 1 heterocycles. The first-order valence-electron chi connectivity index (χ1n) is 6.01. The summed E-state index contributed by atoms with van der Waals surface area (Å²) in [7, 11) is 5.26. The molecule has 21 heavy (non-hydrogen) atoms. The highest BCUT2D eigenvalue weighted by molar-refractivity contribution is 9.10.